The van der Waals surface area contributed by atoms with E-state index in [0.717, 1.165) is 5.19 Å². The highest BCUT2D eigenvalue weighted by molar-refractivity contribution is 6.75. The molecule has 0 heterocycles. The van der Waals surface area contributed by atoms with Crippen molar-refractivity contribution in [3.8, 4) is 0 Å². The molecule has 1 aromatic carbocycles. The molecule has 1 rings (SSSR count). The van der Waals surface area contributed by atoms with Crippen molar-refractivity contribution in [1.29, 1.82) is 0 Å². The monoisotopic (exact) mass is 241 g/mol. The molecule has 0 aliphatic rings. The van der Waals surface area contributed by atoms with E-state index in [2.05, 4.69) is 5.32 Å². The van der Waals surface area contributed by atoms with Crippen molar-refractivity contribution in [2.24, 2.45) is 0 Å². The highest BCUT2D eigenvalue weighted by Gasteiger charge is 2.40. The molecule has 6 heteroatoms. The molecular formula is C10H15NO4Si. The molecule has 16 heavy (non-hydrogen) atoms. The van der Waals surface area contributed by atoms with Crippen molar-refractivity contribution in [3.63, 3.8) is 0 Å². The second kappa shape index (κ2) is 5.76. The largest absolute Gasteiger partial charge is 0.536 e. The Hall–Kier alpha value is -1.21. The molecule has 0 saturated carbocycles. The normalized spacial score (nSPS) is 11.2. The Kier molecular flexibility index (Phi) is 4.63. The van der Waals surface area contributed by atoms with Crippen LogP contribution in [0.3, 0.4) is 0 Å². The average Bonchev–Trinajstić information content (AvgIpc) is 2.33. The van der Waals surface area contributed by atoms with Gasteiger partial charge in [-0.05, 0) is 12.1 Å². The molecule has 0 spiro atoms. The van der Waals surface area contributed by atoms with Crippen LogP contribution in [-0.4, -0.2) is 36.5 Å². The van der Waals surface area contributed by atoms with Gasteiger partial charge in [-0.25, -0.2) is 0 Å². The molecule has 5 nitrogen and oxygen atoms in total. The summed E-state index contributed by atoms with van der Waals surface area (Å²) in [5.74, 6) is 0. The minimum Gasteiger partial charge on any atom is -0.373 e. The van der Waals surface area contributed by atoms with Crippen LogP contribution in [0.1, 0.15) is 0 Å². The number of anilines is 1. The number of nitrogens with one attached hydrogen (secondary N) is 1. The Balaban J connectivity index is 3.09. The van der Waals surface area contributed by atoms with Gasteiger partial charge in [0.2, 0.25) is 6.41 Å². The van der Waals surface area contributed by atoms with Gasteiger partial charge in [0.25, 0.3) is 0 Å². The minimum absolute atomic E-state index is 0.620. The van der Waals surface area contributed by atoms with E-state index < -0.39 is 8.80 Å². The SMILES string of the molecule is CO[Si](OC)(OC)c1cccc(NC=O)c1. The van der Waals surface area contributed by atoms with Gasteiger partial charge in [-0.15, -0.1) is 0 Å². The quantitative estimate of drug-likeness (QED) is 0.576. The first kappa shape index (κ1) is 12.9. The van der Waals surface area contributed by atoms with Crippen molar-refractivity contribution in [3.05, 3.63) is 24.3 Å². The lowest BCUT2D eigenvalue weighted by Crippen LogP contribution is -2.54. The first-order chi connectivity index (χ1) is 7.72. The zero-order valence-electron chi connectivity index (χ0n) is 9.52. The van der Waals surface area contributed by atoms with E-state index in [0.29, 0.717) is 12.1 Å². The summed E-state index contributed by atoms with van der Waals surface area (Å²) in [5.41, 5.74) is 0.676. The fourth-order valence-electron chi connectivity index (χ4n) is 1.47. The van der Waals surface area contributed by atoms with Gasteiger partial charge in [-0.1, -0.05) is 12.1 Å². The molecule has 0 radical (unpaired) electrons. The standard InChI is InChI=1S/C10H15NO4Si/c1-13-16(14-2,15-3)10-6-4-5-9(7-10)11-8-12/h4-8H,1-3H3,(H,11,12). The van der Waals surface area contributed by atoms with E-state index in [4.69, 9.17) is 13.3 Å². The molecule has 1 N–H and O–H groups in total. The third-order valence-electron chi connectivity index (χ3n) is 2.25. The van der Waals surface area contributed by atoms with Crippen molar-refractivity contribution < 1.29 is 18.1 Å². The van der Waals surface area contributed by atoms with Crippen molar-refractivity contribution in [2.45, 2.75) is 0 Å². The third kappa shape index (κ3) is 2.48. The summed E-state index contributed by atoms with van der Waals surface area (Å²) in [4.78, 5) is 10.4. The number of carbonyl (C=O) groups is 1. The maximum atomic E-state index is 10.4. The second-order valence-electron chi connectivity index (χ2n) is 3.01. The van der Waals surface area contributed by atoms with Crippen LogP contribution >= 0.6 is 0 Å². The van der Waals surface area contributed by atoms with Gasteiger partial charge < -0.3 is 18.6 Å². The molecule has 0 bridgehead atoms. The average molecular weight is 241 g/mol. The van der Waals surface area contributed by atoms with Crippen molar-refractivity contribution >= 4 is 26.1 Å². The zero-order chi connectivity index (χ0) is 12.0. The molecule has 0 fully saturated rings. The Morgan fingerprint density at radius 2 is 1.81 bits per heavy atom. The number of hydrogen-bond donors (Lipinski definition) is 1. The minimum atomic E-state index is -2.81. The highest BCUT2D eigenvalue weighted by Crippen LogP contribution is 2.10. The summed E-state index contributed by atoms with van der Waals surface area (Å²) in [6.45, 7) is 0. The maximum Gasteiger partial charge on any atom is 0.536 e. The topological polar surface area (TPSA) is 56.8 Å². The molecule has 0 atom stereocenters. The van der Waals surface area contributed by atoms with Crippen LogP contribution < -0.4 is 10.5 Å². The van der Waals surface area contributed by atoms with Crippen LogP contribution in [-0.2, 0) is 18.1 Å². The van der Waals surface area contributed by atoms with E-state index in [1.165, 1.54) is 0 Å². The number of amides is 1. The first-order valence-electron chi connectivity index (χ1n) is 4.68. The Labute approximate surface area is 95.7 Å². The first-order valence-corrected chi connectivity index (χ1v) is 6.41. The molecule has 1 aromatic rings. The van der Waals surface area contributed by atoms with Gasteiger partial charge in [-0.2, -0.15) is 0 Å². The van der Waals surface area contributed by atoms with Gasteiger partial charge in [0.05, 0.1) is 0 Å². The number of carbonyl (C=O) groups excluding carboxylic acids is 1. The smallest absolute Gasteiger partial charge is 0.373 e. The van der Waals surface area contributed by atoms with Gasteiger partial charge in [0.1, 0.15) is 0 Å². The number of rotatable bonds is 6. The number of benzene rings is 1. The molecule has 1 amide bonds. The highest BCUT2D eigenvalue weighted by atomic mass is 28.4. The summed E-state index contributed by atoms with van der Waals surface area (Å²) in [6.07, 6.45) is 0.620. The molecular weight excluding hydrogens is 226 g/mol. The second-order valence-corrected chi connectivity index (χ2v) is 5.93. The predicted octanol–water partition coefficient (Wildman–Crippen LogP) is 0.340. The Morgan fingerprint density at radius 3 is 2.31 bits per heavy atom. The van der Waals surface area contributed by atoms with E-state index in [9.17, 15) is 4.79 Å². The predicted molar refractivity (Wildman–Crippen MR) is 62.5 cm³/mol. The lowest BCUT2D eigenvalue weighted by molar-refractivity contribution is -0.105. The molecule has 0 aromatic heterocycles. The lowest BCUT2D eigenvalue weighted by Gasteiger charge is -2.24. The molecule has 88 valence electrons. The summed E-state index contributed by atoms with van der Waals surface area (Å²) >= 11 is 0. The van der Waals surface area contributed by atoms with E-state index in [1.54, 1.807) is 39.5 Å². The fraction of sp³-hybridized carbons (Fsp3) is 0.300. The van der Waals surface area contributed by atoms with Gasteiger partial charge >= 0.3 is 8.80 Å². The summed E-state index contributed by atoms with van der Waals surface area (Å²) in [6, 6.07) is 7.20. The molecule has 0 unspecified atom stereocenters. The van der Waals surface area contributed by atoms with Gasteiger partial charge in [-0.3, -0.25) is 4.79 Å². The van der Waals surface area contributed by atoms with Crippen LogP contribution in [0.4, 0.5) is 5.69 Å². The summed E-state index contributed by atoms with van der Waals surface area (Å²) in [5, 5.41) is 3.37. The Bertz CT molecular complexity index is 346. The van der Waals surface area contributed by atoms with Crippen molar-refractivity contribution in [2.75, 3.05) is 26.6 Å². The number of hydrogen-bond acceptors (Lipinski definition) is 4. The van der Waals surface area contributed by atoms with Crippen LogP contribution in [0.15, 0.2) is 24.3 Å². The van der Waals surface area contributed by atoms with E-state index in [1.807, 2.05) is 6.07 Å². The van der Waals surface area contributed by atoms with Crippen LogP contribution in [0.2, 0.25) is 0 Å². The third-order valence-corrected chi connectivity index (χ3v) is 4.88. The Morgan fingerprint density at radius 1 is 1.19 bits per heavy atom. The van der Waals surface area contributed by atoms with Crippen molar-refractivity contribution in [1.82, 2.24) is 0 Å². The molecule has 0 aliphatic heterocycles. The van der Waals surface area contributed by atoms with Gasteiger partial charge in [0.15, 0.2) is 0 Å². The van der Waals surface area contributed by atoms with Gasteiger partial charge in [0, 0.05) is 32.2 Å². The maximum absolute atomic E-state index is 10.4. The van der Waals surface area contributed by atoms with E-state index in [-0.39, 0.29) is 0 Å². The zero-order valence-corrected chi connectivity index (χ0v) is 10.5. The van der Waals surface area contributed by atoms with Crippen LogP contribution in [0.25, 0.3) is 0 Å². The van der Waals surface area contributed by atoms with E-state index >= 15 is 0 Å². The van der Waals surface area contributed by atoms with Crippen LogP contribution in [0, 0.1) is 0 Å². The molecule has 0 saturated heterocycles. The summed E-state index contributed by atoms with van der Waals surface area (Å²) < 4.78 is 16.0. The fourth-order valence-corrected chi connectivity index (χ4v) is 3.31. The summed E-state index contributed by atoms with van der Waals surface area (Å²) in [7, 11) is 1.81. The molecule has 0 aliphatic carbocycles. The van der Waals surface area contributed by atoms with Crippen LogP contribution in [0.5, 0.6) is 0 Å². The lowest BCUT2D eigenvalue weighted by atomic mass is 10.3.